The van der Waals surface area contributed by atoms with E-state index in [0.29, 0.717) is 48.8 Å². The van der Waals surface area contributed by atoms with Crippen LogP contribution in [0.2, 0.25) is 0 Å². The van der Waals surface area contributed by atoms with E-state index >= 15 is 0 Å². The fraction of sp³-hybridized carbons (Fsp3) is 0.235. The van der Waals surface area contributed by atoms with Crippen LogP contribution >= 0.6 is 0 Å². The molecule has 0 aliphatic carbocycles. The van der Waals surface area contributed by atoms with Gasteiger partial charge in [-0.1, -0.05) is 0 Å². The highest BCUT2D eigenvalue weighted by atomic mass is 19.1. The SMILES string of the molecule is O=c1[nH]c(-c2ccco2)nc2c1CN(Cc1ccncc1F)CC2. The predicted octanol–water partition coefficient (Wildman–Crippen LogP) is 2.12. The molecule has 1 aliphatic heterocycles. The Labute approximate surface area is 137 Å². The van der Waals surface area contributed by atoms with Gasteiger partial charge >= 0.3 is 0 Å². The summed E-state index contributed by atoms with van der Waals surface area (Å²) in [5.41, 5.74) is 1.80. The first-order valence-electron chi connectivity index (χ1n) is 7.67. The summed E-state index contributed by atoms with van der Waals surface area (Å²) < 4.78 is 19.0. The molecule has 0 spiro atoms. The average molecular weight is 326 g/mol. The van der Waals surface area contributed by atoms with Crippen molar-refractivity contribution in [1.82, 2.24) is 19.9 Å². The van der Waals surface area contributed by atoms with E-state index in [1.165, 1.54) is 6.20 Å². The molecule has 4 heterocycles. The number of hydrogen-bond acceptors (Lipinski definition) is 5. The second-order valence-electron chi connectivity index (χ2n) is 5.74. The highest BCUT2D eigenvalue weighted by Crippen LogP contribution is 2.20. The lowest BCUT2D eigenvalue weighted by molar-refractivity contribution is 0.238. The van der Waals surface area contributed by atoms with Crippen LogP contribution in [0.3, 0.4) is 0 Å². The van der Waals surface area contributed by atoms with Crippen LogP contribution in [0.25, 0.3) is 11.6 Å². The second-order valence-corrected chi connectivity index (χ2v) is 5.74. The molecule has 0 radical (unpaired) electrons. The van der Waals surface area contributed by atoms with Gasteiger partial charge in [0.25, 0.3) is 5.56 Å². The molecule has 7 heteroatoms. The fourth-order valence-corrected chi connectivity index (χ4v) is 2.92. The molecule has 0 saturated carbocycles. The van der Waals surface area contributed by atoms with Gasteiger partial charge in [0.15, 0.2) is 11.6 Å². The number of pyridine rings is 1. The van der Waals surface area contributed by atoms with Gasteiger partial charge in [-0.25, -0.2) is 9.37 Å². The first kappa shape index (κ1) is 14.8. The molecular formula is C17H15FN4O2. The van der Waals surface area contributed by atoms with E-state index in [1.807, 2.05) is 4.90 Å². The van der Waals surface area contributed by atoms with E-state index in [-0.39, 0.29) is 11.4 Å². The highest BCUT2D eigenvalue weighted by molar-refractivity contribution is 5.47. The lowest BCUT2D eigenvalue weighted by Gasteiger charge is -2.27. The van der Waals surface area contributed by atoms with Gasteiger partial charge in [-0.15, -0.1) is 0 Å². The highest BCUT2D eigenvalue weighted by Gasteiger charge is 2.22. The van der Waals surface area contributed by atoms with Crippen molar-refractivity contribution in [1.29, 1.82) is 0 Å². The minimum Gasteiger partial charge on any atom is -0.461 e. The maximum absolute atomic E-state index is 13.7. The van der Waals surface area contributed by atoms with Gasteiger partial charge in [0, 0.05) is 37.8 Å². The molecule has 3 aromatic heterocycles. The Bertz CT molecular complexity index is 921. The Kier molecular flexibility index (Phi) is 3.70. The van der Waals surface area contributed by atoms with Crippen LogP contribution in [0.15, 0.2) is 46.1 Å². The number of nitrogens with one attached hydrogen (secondary N) is 1. The van der Waals surface area contributed by atoms with Crippen molar-refractivity contribution in [3.8, 4) is 11.6 Å². The van der Waals surface area contributed by atoms with E-state index in [9.17, 15) is 9.18 Å². The summed E-state index contributed by atoms with van der Waals surface area (Å²) in [4.78, 5) is 25.5. The molecule has 6 nitrogen and oxygen atoms in total. The van der Waals surface area contributed by atoms with Crippen LogP contribution in [0, 0.1) is 5.82 Å². The molecule has 0 atom stereocenters. The summed E-state index contributed by atoms with van der Waals surface area (Å²) in [6.07, 6.45) is 4.96. The standard InChI is InChI=1S/C17H15FN4O2/c18-13-8-19-5-3-11(13)9-22-6-4-14-12(10-22)17(23)21-16(20-14)15-2-1-7-24-15/h1-3,5,7-8H,4,6,9-10H2,(H,20,21,23). The average Bonchev–Trinajstić information content (AvgIpc) is 3.12. The summed E-state index contributed by atoms with van der Waals surface area (Å²) in [7, 11) is 0. The quantitative estimate of drug-likeness (QED) is 0.798. The lowest BCUT2D eigenvalue weighted by Crippen LogP contribution is -2.35. The molecule has 0 unspecified atom stereocenters. The molecule has 0 amide bonds. The van der Waals surface area contributed by atoms with Gasteiger partial charge in [0.1, 0.15) is 5.82 Å². The minimum absolute atomic E-state index is 0.175. The van der Waals surface area contributed by atoms with Gasteiger partial charge in [0.05, 0.1) is 23.7 Å². The van der Waals surface area contributed by atoms with Crippen molar-refractivity contribution in [2.75, 3.05) is 6.54 Å². The van der Waals surface area contributed by atoms with Crippen LogP contribution in [-0.2, 0) is 19.5 Å². The summed E-state index contributed by atoms with van der Waals surface area (Å²) >= 11 is 0. The topological polar surface area (TPSA) is 75.0 Å². The van der Waals surface area contributed by atoms with Crippen LogP contribution < -0.4 is 5.56 Å². The van der Waals surface area contributed by atoms with Crippen LogP contribution in [-0.4, -0.2) is 26.4 Å². The molecule has 3 aromatic rings. The largest absolute Gasteiger partial charge is 0.461 e. The van der Waals surface area contributed by atoms with Gasteiger partial charge < -0.3 is 9.40 Å². The van der Waals surface area contributed by atoms with E-state index in [1.54, 1.807) is 30.7 Å². The first-order valence-corrected chi connectivity index (χ1v) is 7.67. The molecule has 122 valence electrons. The smallest absolute Gasteiger partial charge is 0.256 e. The lowest BCUT2D eigenvalue weighted by atomic mass is 10.1. The molecule has 0 aromatic carbocycles. The Morgan fingerprint density at radius 1 is 1.38 bits per heavy atom. The summed E-state index contributed by atoms with van der Waals surface area (Å²) in [5, 5.41) is 0. The molecule has 0 fully saturated rings. The van der Waals surface area contributed by atoms with Gasteiger partial charge in [0.2, 0.25) is 0 Å². The Morgan fingerprint density at radius 3 is 3.08 bits per heavy atom. The van der Waals surface area contributed by atoms with Crippen molar-refractivity contribution >= 4 is 0 Å². The number of H-pyrrole nitrogens is 1. The van der Waals surface area contributed by atoms with Crippen LogP contribution in [0.1, 0.15) is 16.8 Å². The molecular weight excluding hydrogens is 311 g/mol. The van der Waals surface area contributed by atoms with Crippen molar-refractivity contribution < 1.29 is 8.81 Å². The number of aromatic nitrogens is 3. The summed E-state index contributed by atoms with van der Waals surface area (Å²) in [6.45, 7) is 1.59. The number of furan rings is 1. The zero-order valence-corrected chi connectivity index (χ0v) is 12.8. The third-order valence-corrected chi connectivity index (χ3v) is 4.15. The monoisotopic (exact) mass is 326 g/mol. The Morgan fingerprint density at radius 2 is 2.29 bits per heavy atom. The van der Waals surface area contributed by atoms with Gasteiger partial charge in [-0.05, 0) is 18.2 Å². The van der Waals surface area contributed by atoms with Crippen molar-refractivity contribution in [3.63, 3.8) is 0 Å². The number of halogens is 1. The van der Waals surface area contributed by atoms with Crippen LogP contribution in [0.5, 0.6) is 0 Å². The molecule has 0 bridgehead atoms. The number of fused-ring (bicyclic) bond motifs is 1. The third kappa shape index (κ3) is 2.74. The minimum atomic E-state index is -0.330. The third-order valence-electron chi connectivity index (χ3n) is 4.15. The molecule has 0 saturated heterocycles. The summed E-state index contributed by atoms with van der Waals surface area (Å²) in [6, 6.07) is 5.17. The van der Waals surface area contributed by atoms with E-state index in [2.05, 4.69) is 15.0 Å². The van der Waals surface area contributed by atoms with E-state index < -0.39 is 0 Å². The number of hydrogen-bond donors (Lipinski definition) is 1. The number of nitrogens with zero attached hydrogens (tertiary/aromatic N) is 3. The Balaban J connectivity index is 1.60. The van der Waals surface area contributed by atoms with Crippen molar-refractivity contribution in [3.05, 3.63) is 69.8 Å². The Hall–Kier alpha value is -2.80. The molecule has 1 N–H and O–H groups in total. The second kappa shape index (κ2) is 6.01. The number of rotatable bonds is 3. The summed E-state index contributed by atoms with van der Waals surface area (Å²) in [5.74, 6) is 0.650. The molecule has 4 rings (SSSR count). The zero-order chi connectivity index (χ0) is 16.5. The van der Waals surface area contributed by atoms with E-state index in [4.69, 9.17) is 4.42 Å². The molecule has 24 heavy (non-hydrogen) atoms. The first-order chi connectivity index (χ1) is 11.7. The zero-order valence-electron chi connectivity index (χ0n) is 12.8. The van der Waals surface area contributed by atoms with Crippen molar-refractivity contribution in [2.24, 2.45) is 0 Å². The predicted molar refractivity (Wildman–Crippen MR) is 84.6 cm³/mol. The fourth-order valence-electron chi connectivity index (χ4n) is 2.92. The van der Waals surface area contributed by atoms with Crippen molar-refractivity contribution in [2.45, 2.75) is 19.5 Å². The van der Waals surface area contributed by atoms with Gasteiger partial charge in [-0.3, -0.25) is 14.7 Å². The molecule has 1 aliphatic rings. The normalized spacial score (nSPS) is 14.5. The number of aromatic amines is 1. The van der Waals surface area contributed by atoms with Gasteiger partial charge in [-0.2, -0.15) is 0 Å². The van der Waals surface area contributed by atoms with Crippen LogP contribution in [0.4, 0.5) is 4.39 Å². The van der Waals surface area contributed by atoms with E-state index in [0.717, 1.165) is 5.69 Å². The maximum Gasteiger partial charge on any atom is 0.256 e. The maximum atomic E-state index is 13.7.